The molecule has 0 amide bonds. The molecule has 1 atom stereocenters. The Bertz CT molecular complexity index is 593. The molecule has 0 aromatic carbocycles. The normalized spacial score (nSPS) is 23.0. The van der Waals surface area contributed by atoms with Crippen molar-refractivity contribution in [2.24, 2.45) is 0 Å². The second-order valence-electron chi connectivity index (χ2n) is 4.99. The van der Waals surface area contributed by atoms with Crippen LogP contribution in [-0.2, 0) is 4.74 Å². The maximum Gasteiger partial charge on any atom is 0.457 e. The van der Waals surface area contributed by atoms with Gasteiger partial charge in [-0.05, 0) is 19.1 Å². The Morgan fingerprint density at radius 2 is 2.00 bits per heavy atom. The molecule has 0 saturated carbocycles. The molecule has 1 aliphatic carbocycles. The van der Waals surface area contributed by atoms with E-state index in [1.807, 2.05) is 0 Å². The van der Waals surface area contributed by atoms with Gasteiger partial charge in [0.15, 0.2) is 0 Å². The number of ether oxygens (including phenoxy) is 1. The highest BCUT2D eigenvalue weighted by molar-refractivity contribution is 5.46. The van der Waals surface area contributed by atoms with Crippen LogP contribution in [0.4, 0.5) is 27.9 Å². The average Bonchev–Trinajstić information content (AvgIpc) is 2.89. The number of hydrogen-bond acceptors (Lipinski definition) is 4. The van der Waals surface area contributed by atoms with Gasteiger partial charge in [-0.25, -0.2) is 5.10 Å². The molecule has 1 aromatic heterocycles. The van der Waals surface area contributed by atoms with Crippen molar-refractivity contribution in [3.05, 3.63) is 29.7 Å². The third kappa shape index (κ3) is 3.11. The van der Waals surface area contributed by atoms with Crippen molar-refractivity contribution >= 4 is 5.95 Å². The third-order valence-corrected chi connectivity index (χ3v) is 3.24. The quantitative estimate of drug-likeness (QED) is 0.836. The van der Waals surface area contributed by atoms with Gasteiger partial charge in [-0.3, -0.25) is 0 Å². The van der Waals surface area contributed by atoms with Crippen LogP contribution in [-0.4, -0.2) is 40.0 Å². The maximum absolute atomic E-state index is 13.6. The van der Waals surface area contributed by atoms with E-state index in [0.717, 1.165) is 12.4 Å². The molecular formula is C12H13F5N4O. The zero-order valence-electron chi connectivity index (χ0n) is 11.6. The summed E-state index contributed by atoms with van der Waals surface area (Å²) >= 11 is 0. The van der Waals surface area contributed by atoms with E-state index < -0.39 is 29.7 Å². The smallest absolute Gasteiger partial charge is 0.374 e. The highest BCUT2D eigenvalue weighted by Crippen LogP contribution is 2.46. The molecule has 2 rings (SSSR count). The van der Waals surface area contributed by atoms with Crippen molar-refractivity contribution < 1.29 is 26.7 Å². The molecule has 0 aliphatic heterocycles. The van der Waals surface area contributed by atoms with Crippen LogP contribution in [0.1, 0.15) is 13.3 Å². The molecule has 0 saturated heterocycles. The van der Waals surface area contributed by atoms with Crippen molar-refractivity contribution in [3.63, 3.8) is 0 Å². The number of anilines is 1. The van der Waals surface area contributed by atoms with E-state index in [0.29, 0.717) is 0 Å². The number of hydrogen-bond donors (Lipinski definition) is 2. The van der Waals surface area contributed by atoms with Crippen molar-refractivity contribution in [2.75, 3.05) is 12.4 Å². The highest BCUT2D eigenvalue weighted by atomic mass is 19.4. The van der Waals surface area contributed by atoms with E-state index in [1.165, 1.54) is 20.1 Å². The van der Waals surface area contributed by atoms with Gasteiger partial charge in [-0.1, -0.05) is 0 Å². The first-order valence-electron chi connectivity index (χ1n) is 6.13. The molecule has 1 aliphatic rings. The Morgan fingerprint density at radius 3 is 2.50 bits per heavy atom. The molecule has 0 fully saturated rings. The molecule has 1 unspecified atom stereocenters. The van der Waals surface area contributed by atoms with E-state index in [2.05, 4.69) is 20.5 Å². The van der Waals surface area contributed by atoms with Gasteiger partial charge in [0.25, 0.3) is 0 Å². The number of alkyl halides is 5. The predicted octanol–water partition coefficient (Wildman–Crippen LogP) is 3.03. The SMILES string of the molecule is COC1(C)C=C(Nc2ncn[nH]2)C=C(C(F)(F)C(F)(F)F)C1. The number of aromatic nitrogens is 3. The van der Waals surface area contributed by atoms with Gasteiger partial charge in [-0.15, -0.1) is 0 Å². The van der Waals surface area contributed by atoms with Crippen molar-refractivity contribution in [1.29, 1.82) is 0 Å². The number of nitrogens with one attached hydrogen (secondary N) is 2. The maximum atomic E-state index is 13.6. The number of H-pyrrole nitrogens is 1. The highest BCUT2D eigenvalue weighted by Gasteiger charge is 2.60. The number of allylic oxidation sites excluding steroid dienone is 1. The van der Waals surface area contributed by atoms with Crippen LogP contribution in [0.5, 0.6) is 0 Å². The molecule has 122 valence electrons. The van der Waals surface area contributed by atoms with E-state index in [-0.39, 0.29) is 11.6 Å². The van der Waals surface area contributed by atoms with Gasteiger partial charge in [0.05, 0.1) is 5.60 Å². The summed E-state index contributed by atoms with van der Waals surface area (Å²) in [5.74, 6) is -4.84. The number of rotatable bonds is 4. The third-order valence-electron chi connectivity index (χ3n) is 3.24. The van der Waals surface area contributed by atoms with Crippen LogP contribution < -0.4 is 5.32 Å². The lowest BCUT2D eigenvalue weighted by Gasteiger charge is -2.34. The van der Waals surface area contributed by atoms with E-state index in [4.69, 9.17) is 4.74 Å². The summed E-state index contributed by atoms with van der Waals surface area (Å²) in [4.78, 5) is 3.72. The number of aromatic amines is 1. The van der Waals surface area contributed by atoms with Crippen LogP contribution in [0, 0.1) is 0 Å². The van der Waals surface area contributed by atoms with Gasteiger partial charge in [0.2, 0.25) is 5.95 Å². The Labute approximate surface area is 122 Å². The van der Waals surface area contributed by atoms with E-state index in [9.17, 15) is 22.0 Å². The van der Waals surface area contributed by atoms with E-state index in [1.54, 1.807) is 0 Å². The summed E-state index contributed by atoms with van der Waals surface area (Å²) in [6, 6.07) is 0. The number of halogens is 5. The van der Waals surface area contributed by atoms with Crippen molar-refractivity contribution in [3.8, 4) is 0 Å². The van der Waals surface area contributed by atoms with E-state index >= 15 is 0 Å². The Morgan fingerprint density at radius 1 is 1.32 bits per heavy atom. The summed E-state index contributed by atoms with van der Waals surface area (Å²) in [5, 5.41) is 8.54. The first-order chi connectivity index (χ1) is 10.1. The van der Waals surface area contributed by atoms with Gasteiger partial charge >= 0.3 is 12.1 Å². The lowest BCUT2D eigenvalue weighted by atomic mass is 9.86. The van der Waals surface area contributed by atoms with Crippen LogP contribution in [0.3, 0.4) is 0 Å². The first-order valence-corrected chi connectivity index (χ1v) is 6.13. The van der Waals surface area contributed by atoms with Crippen LogP contribution in [0.2, 0.25) is 0 Å². The fourth-order valence-corrected chi connectivity index (χ4v) is 2.03. The number of nitrogens with zero attached hydrogens (tertiary/aromatic N) is 2. The Balaban J connectivity index is 2.38. The minimum Gasteiger partial charge on any atom is -0.374 e. The fourth-order valence-electron chi connectivity index (χ4n) is 2.03. The van der Waals surface area contributed by atoms with Crippen molar-refractivity contribution in [2.45, 2.75) is 31.0 Å². The lowest BCUT2D eigenvalue weighted by molar-refractivity contribution is -0.266. The van der Waals surface area contributed by atoms with Gasteiger partial charge in [0.1, 0.15) is 6.33 Å². The molecule has 1 aromatic rings. The molecule has 5 nitrogen and oxygen atoms in total. The zero-order valence-corrected chi connectivity index (χ0v) is 11.6. The van der Waals surface area contributed by atoms with Crippen molar-refractivity contribution in [1.82, 2.24) is 15.2 Å². The minimum absolute atomic E-state index is 0.00581. The van der Waals surface area contributed by atoms with Crippen LogP contribution >= 0.6 is 0 Å². The zero-order chi connectivity index (χ0) is 16.6. The molecule has 22 heavy (non-hydrogen) atoms. The fraction of sp³-hybridized carbons (Fsp3) is 0.500. The molecule has 0 radical (unpaired) electrons. The second kappa shape index (κ2) is 5.34. The standard InChI is InChI=1S/C12H13F5N4O/c1-10(22-2)4-7(11(13,14)12(15,16)17)3-8(5-10)20-9-18-6-19-21-9/h3,5-6H,4H2,1-2H3,(H2,18,19,20,21). The largest absolute Gasteiger partial charge is 0.457 e. The Hall–Kier alpha value is -1.97. The van der Waals surface area contributed by atoms with Gasteiger partial charge < -0.3 is 10.1 Å². The summed E-state index contributed by atoms with van der Waals surface area (Å²) in [6.07, 6.45) is -2.95. The summed E-state index contributed by atoms with van der Waals surface area (Å²) < 4.78 is 70.0. The average molecular weight is 324 g/mol. The molecular weight excluding hydrogens is 311 g/mol. The van der Waals surface area contributed by atoms with Crippen LogP contribution in [0.25, 0.3) is 0 Å². The molecule has 0 spiro atoms. The monoisotopic (exact) mass is 324 g/mol. The first kappa shape index (κ1) is 16.4. The molecule has 1 heterocycles. The molecule has 0 bridgehead atoms. The molecule has 2 N–H and O–H groups in total. The number of methoxy groups -OCH3 is 1. The molecule has 10 heteroatoms. The summed E-state index contributed by atoms with van der Waals surface area (Å²) in [5.41, 5.74) is -2.39. The summed E-state index contributed by atoms with van der Waals surface area (Å²) in [6.45, 7) is 1.41. The van der Waals surface area contributed by atoms with Gasteiger partial charge in [0, 0.05) is 24.8 Å². The lowest BCUT2D eigenvalue weighted by Crippen LogP contribution is -2.42. The van der Waals surface area contributed by atoms with Crippen LogP contribution in [0.15, 0.2) is 29.7 Å². The summed E-state index contributed by atoms with van der Waals surface area (Å²) in [7, 11) is 1.23. The minimum atomic E-state index is -5.68. The van der Waals surface area contributed by atoms with Gasteiger partial charge in [-0.2, -0.15) is 32.0 Å². The Kier molecular flexibility index (Phi) is 3.98. The predicted molar refractivity (Wildman–Crippen MR) is 67.2 cm³/mol. The second-order valence-corrected chi connectivity index (χ2v) is 4.99. The topological polar surface area (TPSA) is 62.8 Å².